The van der Waals surface area contributed by atoms with Gasteiger partial charge in [0, 0.05) is 10.7 Å². The lowest BCUT2D eigenvalue weighted by molar-refractivity contribution is -0.137. The van der Waals surface area contributed by atoms with Crippen LogP contribution in [0.2, 0.25) is 5.02 Å². The zero-order chi connectivity index (χ0) is 13.1. The molecular formula is C10H12ClNO4S. The highest BCUT2D eigenvalue weighted by atomic mass is 35.5. The van der Waals surface area contributed by atoms with E-state index >= 15 is 0 Å². The van der Waals surface area contributed by atoms with Gasteiger partial charge in [-0.3, -0.25) is 4.79 Å². The van der Waals surface area contributed by atoms with Crippen LogP contribution < -0.4 is 5.73 Å². The van der Waals surface area contributed by atoms with Crippen molar-refractivity contribution in [3.63, 3.8) is 0 Å². The van der Waals surface area contributed by atoms with Crippen LogP contribution in [-0.2, 0) is 25.1 Å². The fourth-order valence-electron chi connectivity index (χ4n) is 1.23. The van der Waals surface area contributed by atoms with E-state index in [0.717, 1.165) is 7.11 Å². The van der Waals surface area contributed by atoms with Gasteiger partial charge in [-0.1, -0.05) is 11.6 Å². The summed E-state index contributed by atoms with van der Waals surface area (Å²) in [6.45, 7) is 0. The second-order valence-corrected chi connectivity index (χ2v) is 5.95. The normalized spacial score (nSPS) is 11.2. The minimum absolute atomic E-state index is 0.322. The molecule has 0 unspecified atom stereocenters. The number of ether oxygens (including phenoxy) is 1. The molecule has 0 atom stereocenters. The summed E-state index contributed by atoms with van der Waals surface area (Å²) < 4.78 is 27.6. The van der Waals surface area contributed by atoms with Crippen molar-refractivity contribution in [1.82, 2.24) is 0 Å². The van der Waals surface area contributed by atoms with Crippen molar-refractivity contribution in [3.05, 3.63) is 28.8 Å². The first-order valence-electron chi connectivity index (χ1n) is 4.65. The number of hydrogen-bond donors (Lipinski definition) is 1. The maximum absolute atomic E-state index is 11.6. The van der Waals surface area contributed by atoms with Crippen molar-refractivity contribution in [1.29, 1.82) is 0 Å². The van der Waals surface area contributed by atoms with E-state index < -0.39 is 21.6 Å². The molecule has 0 saturated carbocycles. The molecule has 0 aliphatic carbocycles. The summed E-state index contributed by atoms with van der Waals surface area (Å²) in [5, 5.41) is 0.391. The molecule has 0 spiro atoms. The zero-order valence-corrected chi connectivity index (χ0v) is 10.7. The van der Waals surface area contributed by atoms with Gasteiger partial charge in [0.05, 0.1) is 12.9 Å². The van der Waals surface area contributed by atoms with E-state index in [1.165, 1.54) is 12.1 Å². The molecule has 7 heteroatoms. The number of halogens is 1. The average Bonchev–Trinajstić information content (AvgIpc) is 2.22. The predicted octanol–water partition coefficient (Wildman–Crippen LogP) is 1.01. The molecule has 17 heavy (non-hydrogen) atoms. The SMILES string of the molecule is COC(=O)CS(=O)(=O)Cc1cc(Cl)ccc1N. The summed E-state index contributed by atoms with van der Waals surface area (Å²) in [6, 6.07) is 4.55. The van der Waals surface area contributed by atoms with Crippen molar-refractivity contribution in [2.75, 3.05) is 18.6 Å². The Labute approximate surface area is 104 Å². The molecule has 0 radical (unpaired) electrons. The van der Waals surface area contributed by atoms with Crippen LogP contribution in [0.15, 0.2) is 18.2 Å². The minimum Gasteiger partial charge on any atom is -0.468 e. The number of carbonyl (C=O) groups is 1. The lowest BCUT2D eigenvalue weighted by Crippen LogP contribution is -2.19. The fourth-order valence-corrected chi connectivity index (χ4v) is 2.72. The van der Waals surface area contributed by atoms with Crippen LogP contribution in [0, 0.1) is 0 Å². The Morgan fingerprint density at radius 3 is 2.71 bits per heavy atom. The maximum atomic E-state index is 11.6. The summed E-state index contributed by atoms with van der Waals surface area (Å²) in [4.78, 5) is 10.9. The molecule has 2 N–H and O–H groups in total. The number of benzene rings is 1. The van der Waals surface area contributed by atoms with Crippen LogP contribution in [0.1, 0.15) is 5.56 Å². The van der Waals surface area contributed by atoms with Crippen molar-refractivity contribution in [3.8, 4) is 0 Å². The van der Waals surface area contributed by atoms with Gasteiger partial charge in [0.2, 0.25) is 0 Å². The number of hydrogen-bond acceptors (Lipinski definition) is 5. The lowest BCUT2D eigenvalue weighted by Gasteiger charge is -2.06. The van der Waals surface area contributed by atoms with Crippen LogP contribution in [0.3, 0.4) is 0 Å². The highest BCUT2D eigenvalue weighted by Crippen LogP contribution is 2.20. The largest absolute Gasteiger partial charge is 0.468 e. The molecule has 0 fully saturated rings. The van der Waals surface area contributed by atoms with E-state index in [4.69, 9.17) is 17.3 Å². The molecule has 94 valence electrons. The Balaban J connectivity index is 2.90. The number of sulfone groups is 1. The summed E-state index contributed by atoms with van der Waals surface area (Å²) in [5.74, 6) is -1.81. The highest BCUT2D eigenvalue weighted by Gasteiger charge is 2.19. The van der Waals surface area contributed by atoms with Gasteiger partial charge in [0.25, 0.3) is 0 Å². The Bertz CT molecular complexity index is 527. The number of nitrogen functional groups attached to an aromatic ring is 1. The Morgan fingerprint density at radius 1 is 1.47 bits per heavy atom. The number of esters is 1. The standard InChI is InChI=1S/C10H12ClNO4S/c1-16-10(13)6-17(14,15)5-7-4-8(11)2-3-9(7)12/h2-4H,5-6,12H2,1H3. The Hall–Kier alpha value is -1.27. The predicted molar refractivity (Wildman–Crippen MR) is 65.4 cm³/mol. The molecule has 0 bridgehead atoms. The van der Waals surface area contributed by atoms with Gasteiger partial charge in [0.15, 0.2) is 9.84 Å². The number of methoxy groups -OCH3 is 1. The van der Waals surface area contributed by atoms with Crippen molar-refractivity contribution in [2.24, 2.45) is 0 Å². The van der Waals surface area contributed by atoms with E-state index in [1.54, 1.807) is 6.07 Å². The van der Waals surface area contributed by atoms with Gasteiger partial charge >= 0.3 is 5.97 Å². The molecule has 0 amide bonds. The van der Waals surface area contributed by atoms with Gasteiger partial charge in [-0.05, 0) is 23.8 Å². The monoisotopic (exact) mass is 277 g/mol. The molecule has 1 aromatic rings. The fraction of sp³-hybridized carbons (Fsp3) is 0.300. The van der Waals surface area contributed by atoms with Crippen LogP contribution >= 0.6 is 11.6 Å². The second-order valence-electron chi connectivity index (χ2n) is 3.45. The first-order chi connectivity index (χ1) is 7.84. The first-order valence-corrected chi connectivity index (χ1v) is 6.85. The summed E-state index contributed by atoms with van der Waals surface area (Å²) >= 11 is 5.74. The van der Waals surface area contributed by atoms with E-state index in [1.807, 2.05) is 0 Å². The molecule has 1 aromatic carbocycles. The highest BCUT2D eigenvalue weighted by molar-refractivity contribution is 7.91. The third kappa shape index (κ3) is 4.24. The lowest BCUT2D eigenvalue weighted by atomic mass is 10.2. The molecule has 0 aliphatic rings. The Morgan fingerprint density at radius 2 is 2.12 bits per heavy atom. The van der Waals surface area contributed by atoms with E-state index in [0.29, 0.717) is 16.3 Å². The van der Waals surface area contributed by atoms with Crippen LogP contribution in [0.25, 0.3) is 0 Å². The van der Waals surface area contributed by atoms with E-state index in [2.05, 4.69) is 4.74 Å². The Kier molecular flexibility index (Phi) is 4.36. The van der Waals surface area contributed by atoms with Gasteiger partial charge in [0.1, 0.15) is 5.75 Å². The quantitative estimate of drug-likeness (QED) is 0.656. The molecule has 0 aliphatic heterocycles. The molecule has 0 heterocycles. The third-order valence-electron chi connectivity index (χ3n) is 2.05. The van der Waals surface area contributed by atoms with Gasteiger partial charge in [-0.15, -0.1) is 0 Å². The second kappa shape index (κ2) is 5.37. The molecule has 0 aromatic heterocycles. The maximum Gasteiger partial charge on any atom is 0.320 e. The van der Waals surface area contributed by atoms with Gasteiger partial charge < -0.3 is 10.5 Å². The van der Waals surface area contributed by atoms with Crippen molar-refractivity contribution in [2.45, 2.75) is 5.75 Å². The van der Waals surface area contributed by atoms with Crippen molar-refractivity contribution < 1.29 is 17.9 Å². The summed E-state index contributed by atoms with van der Waals surface area (Å²) in [5.41, 5.74) is 6.32. The average molecular weight is 278 g/mol. The molecule has 0 saturated heterocycles. The van der Waals surface area contributed by atoms with Crippen LogP contribution in [0.4, 0.5) is 5.69 Å². The number of carbonyl (C=O) groups excluding carboxylic acids is 1. The topological polar surface area (TPSA) is 86.5 Å². The number of rotatable bonds is 4. The molecule has 1 rings (SSSR count). The zero-order valence-electron chi connectivity index (χ0n) is 9.14. The van der Waals surface area contributed by atoms with E-state index in [9.17, 15) is 13.2 Å². The first kappa shape index (κ1) is 13.8. The number of anilines is 1. The van der Waals surface area contributed by atoms with Crippen molar-refractivity contribution >= 4 is 33.1 Å². The minimum atomic E-state index is -3.60. The van der Waals surface area contributed by atoms with Crippen LogP contribution in [-0.4, -0.2) is 27.2 Å². The third-order valence-corrected chi connectivity index (χ3v) is 3.71. The molecule has 5 nitrogen and oxygen atoms in total. The smallest absolute Gasteiger partial charge is 0.320 e. The van der Waals surface area contributed by atoms with Gasteiger partial charge in [-0.25, -0.2) is 8.42 Å². The van der Waals surface area contributed by atoms with E-state index in [-0.39, 0.29) is 5.75 Å². The summed E-state index contributed by atoms with van der Waals surface area (Å²) in [6.07, 6.45) is 0. The van der Waals surface area contributed by atoms with Gasteiger partial charge in [-0.2, -0.15) is 0 Å². The summed E-state index contributed by atoms with van der Waals surface area (Å²) in [7, 11) is -2.47. The van der Waals surface area contributed by atoms with Crippen LogP contribution in [0.5, 0.6) is 0 Å². The molecular weight excluding hydrogens is 266 g/mol. The number of nitrogens with two attached hydrogens (primary N) is 1.